The molecule has 0 spiro atoms. The Hall–Kier alpha value is -2.69. The lowest BCUT2D eigenvalue weighted by Crippen LogP contribution is -2.39. The van der Waals surface area contributed by atoms with Crippen LogP contribution in [0.3, 0.4) is 0 Å². The van der Waals surface area contributed by atoms with Crippen molar-refractivity contribution in [1.29, 1.82) is 5.26 Å². The normalized spacial score (nSPS) is 14.7. The molecular formula is C18H22N6O. The van der Waals surface area contributed by atoms with Gasteiger partial charge in [0.05, 0.1) is 24.5 Å². The lowest BCUT2D eigenvalue weighted by Gasteiger charge is -2.26. The maximum Gasteiger partial charge on any atom is 0.224 e. The maximum atomic E-state index is 9.20. The number of para-hydroxylation sites is 1. The molecule has 1 saturated heterocycles. The molecule has 25 heavy (non-hydrogen) atoms. The first-order chi connectivity index (χ1) is 12.2. The molecule has 1 aromatic heterocycles. The van der Waals surface area contributed by atoms with Crippen LogP contribution < -0.4 is 10.6 Å². The number of hydrogen-bond donors (Lipinski definition) is 2. The number of aromatic nitrogens is 2. The molecule has 2 heterocycles. The van der Waals surface area contributed by atoms with Crippen molar-refractivity contribution in [2.75, 3.05) is 50.0 Å². The van der Waals surface area contributed by atoms with E-state index in [0.29, 0.717) is 17.3 Å². The molecule has 0 radical (unpaired) electrons. The molecule has 1 aromatic carbocycles. The van der Waals surface area contributed by atoms with E-state index >= 15 is 0 Å². The summed E-state index contributed by atoms with van der Waals surface area (Å²) in [7, 11) is 0. The lowest BCUT2D eigenvalue weighted by atomic mass is 10.2. The molecule has 7 heteroatoms. The number of nitriles is 1. The highest BCUT2D eigenvalue weighted by atomic mass is 16.5. The quantitative estimate of drug-likeness (QED) is 0.834. The minimum Gasteiger partial charge on any atom is -0.379 e. The number of nitrogens with one attached hydrogen (secondary N) is 2. The maximum absolute atomic E-state index is 9.20. The number of hydrogen-bond acceptors (Lipinski definition) is 7. The summed E-state index contributed by atoms with van der Waals surface area (Å²) in [6.07, 6.45) is 0. The largest absolute Gasteiger partial charge is 0.379 e. The fourth-order valence-corrected chi connectivity index (χ4v) is 2.69. The van der Waals surface area contributed by atoms with Gasteiger partial charge in [0, 0.05) is 37.9 Å². The molecule has 7 nitrogen and oxygen atoms in total. The van der Waals surface area contributed by atoms with E-state index < -0.39 is 0 Å². The molecule has 2 aromatic rings. The van der Waals surface area contributed by atoms with Crippen LogP contribution in [-0.2, 0) is 4.74 Å². The van der Waals surface area contributed by atoms with E-state index in [1.165, 1.54) is 0 Å². The minimum absolute atomic E-state index is 0.584. The fourth-order valence-electron chi connectivity index (χ4n) is 2.69. The van der Waals surface area contributed by atoms with E-state index in [-0.39, 0.29) is 0 Å². The fraction of sp³-hybridized carbons (Fsp3) is 0.389. The molecule has 0 bridgehead atoms. The van der Waals surface area contributed by atoms with Crippen molar-refractivity contribution in [1.82, 2.24) is 14.9 Å². The van der Waals surface area contributed by atoms with Crippen molar-refractivity contribution in [3.05, 3.63) is 41.6 Å². The van der Waals surface area contributed by atoms with Gasteiger partial charge in [-0.3, -0.25) is 4.90 Å². The Morgan fingerprint density at radius 1 is 1.24 bits per heavy atom. The van der Waals surface area contributed by atoms with Crippen LogP contribution in [0, 0.1) is 18.3 Å². The van der Waals surface area contributed by atoms with Crippen LogP contribution in [0.15, 0.2) is 30.3 Å². The smallest absolute Gasteiger partial charge is 0.224 e. The standard InChI is InChI=1S/C18H22N6O/c1-14-12-17(22-16-5-3-2-4-15(16)13-19)23-18(21-14)20-6-7-24-8-10-25-11-9-24/h2-5,12H,6-11H2,1H3,(H2,20,21,22,23). The lowest BCUT2D eigenvalue weighted by molar-refractivity contribution is 0.0398. The number of rotatable bonds is 6. The molecule has 0 atom stereocenters. The van der Waals surface area contributed by atoms with Gasteiger partial charge < -0.3 is 15.4 Å². The first-order valence-electron chi connectivity index (χ1n) is 8.40. The molecule has 0 saturated carbocycles. The zero-order valence-electron chi connectivity index (χ0n) is 14.3. The summed E-state index contributed by atoms with van der Waals surface area (Å²) in [6, 6.07) is 11.4. The van der Waals surface area contributed by atoms with Gasteiger partial charge in [-0.15, -0.1) is 0 Å². The molecule has 0 amide bonds. The van der Waals surface area contributed by atoms with Gasteiger partial charge in [-0.1, -0.05) is 12.1 Å². The van der Waals surface area contributed by atoms with Gasteiger partial charge in [0.1, 0.15) is 11.9 Å². The molecule has 1 aliphatic heterocycles. The second kappa shape index (κ2) is 8.42. The van der Waals surface area contributed by atoms with Crippen molar-refractivity contribution in [3.63, 3.8) is 0 Å². The predicted molar refractivity (Wildman–Crippen MR) is 97.0 cm³/mol. The summed E-state index contributed by atoms with van der Waals surface area (Å²) >= 11 is 0. The third kappa shape index (κ3) is 4.89. The Bertz CT molecular complexity index is 751. The minimum atomic E-state index is 0.584. The summed E-state index contributed by atoms with van der Waals surface area (Å²) in [5, 5.41) is 15.7. The van der Waals surface area contributed by atoms with E-state index in [9.17, 15) is 5.26 Å². The average molecular weight is 338 g/mol. The van der Waals surface area contributed by atoms with Gasteiger partial charge in [0.2, 0.25) is 5.95 Å². The van der Waals surface area contributed by atoms with Crippen LogP contribution in [0.2, 0.25) is 0 Å². The topological polar surface area (TPSA) is 86.1 Å². The Kier molecular flexibility index (Phi) is 5.77. The van der Waals surface area contributed by atoms with E-state index in [4.69, 9.17) is 4.74 Å². The molecule has 0 unspecified atom stereocenters. The summed E-state index contributed by atoms with van der Waals surface area (Å²) < 4.78 is 5.35. The van der Waals surface area contributed by atoms with Crippen LogP contribution in [0.4, 0.5) is 17.5 Å². The van der Waals surface area contributed by atoms with Gasteiger partial charge >= 0.3 is 0 Å². The Morgan fingerprint density at radius 2 is 2.04 bits per heavy atom. The molecule has 1 fully saturated rings. The zero-order chi connectivity index (χ0) is 17.5. The van der Waals surface area contributed by atoms with Crippen LogP contribution >= 0.6 is 0 Å². The molecule has 130 valence electrons. The van der Waals surface area contributed by atoms with Gasteiger partial charge in [-0.2, -0.15) is 10.2 Å². The SMILES string of the molecule is Cc1cc(Nc2ccccc2C#N)nc(NCCN2CCOCC2)n1. The van der Waals surface area contributed by atoms with Crippen molar-refractivity contribution < 1.29 is 4.74 Å². The first kappa shape index (κ1) is 17.1. The monoisotopic (exact) mass is 338 g/mol. The molecule has 1 aliphatic rings. The summed E-state index contributed by atoms with van der Waals surface area (Å²) in [6.45, 7) is 7.16. The molecule has 3 rings (SSSR count). The number of benzene rings is 1. The third-order valence-corrected chi connectivity index (χ3v) is 3.98. The zero-order valence-corrected chi connectivity index (χ0v) is 14.3. The Balaban J connectivity index is 1.63. The van der Waals surface area contributed by atoms with Crippen molar-refractivity contribution in [3.8, 4) is 6.07 Å². The summed E-state index contributed by atoms with van der Waals surface area (Å²) in [5.74, 6) is 1.26. The number of aryl methyl sites for hydroxylation is 1. The summed E-state index contributed by atoms with van der Waals surface area (Å²) in [4.78, 5) is 11.3. The van der Waals surface area contributed by atoms with E-state index in [2.05, 4.69) is 31.6 Å². The van der Waals surface area contributed by atoms with Crippen LogP contribution in [0.1, 0.15) is 11.3 Å². The number of ether oxygens (including phenoxy) is 1. The van der Waals surface area contributed by atoms with Gasteiger partial charge in [-0.05, 0) is 19.1 Å². The van der Waals surface area contributed by atoms with E-state index in [1.54, 1.807) is 6.07 Å². The highest BCUT2D eigenvalue weighted by Gasteiger charge is 2.10. The van der Waals surface area contributed by atoms with Crippen molar-refractivity contribution in [2.24, 2.45) is 0 Å². The molecule has 0 aliphatic carbocycles. The highest BCUT2D eigenvalue weighted by molar-refractivity contribution is 5.65. The van der Waals surface area contributed by atoms with Crippen molar-refractivity contribution >= 4 is 17.5 Å². The van der Waals surface area contributed by atoms with Crippen LogP contribution in [0.25, 0.3) is 0 Å². The average Bonchev–Trinajstić information content (AvgIpc) is 2.63. The third-order valence-electron chi connectivity index (χ3n) is 3.98. The highest BCUT2D eigenvalue weighted by Crippen LogP contribution is 2.20. The second-order valence-corrected chi connectivity index (χ2v) is 5.88. The molecule has 2 N–H and O–H groups in total. The van der Waals surface area contributed by atoms with Crippen LogP contribution in [-0.4, -0.2) is 54.3 Å². The van der Waals surface area contributed by atoms with Crippen LogP contribution in [0.5, 0.6) is 0 Å². The van der Waals surface area contributed by atoms with E-state index in [0.717, 1.165) is 50.8 Å². The van der Waals surface area contributed by atoms with Gasteiger partial charge in [-0.25, -0.2) is 4.98 Å². The number of morpholine rings is 1. The van der Waals surface area contributed by atoms with Gasteiger partial charge in [0.15, 0.2) is 0 Å². The molecular weight excluding hydrogens is 316 g/mol. The van der Waals surface area contributed by atoms with E-state index in [1.807, 2.05) is 31.2 Å². The number of nitrogens with zero attached hydrogens (tertiary/aromatic N) is 4. The predicted octanol–water partition coefficient (Wildman–Crippen LogP) is 2.14. The first-order valence-corrected chi connectivity index (χ1v) is 8.40. The second-order valence-electron chi connectivity index (χ2n) is 5.88. The summed E-state index contributed by atoms with van der Waals surface area (Å²) in [5.41, 5.74) is 2.18. The Labute approximate surface area is 147 Å². The van der Waals surface area contributed by atoms with Crippen molar-refractivity contribution in [2.45, 2.75) is 6.92 Å². The van der Waals surface area contributed by atoms with Gasteiger partial charge in [0.25, 0.3) is 0 Å². The number of anilines is 3. The Morgan fingerprint density at radius 3 is 2.84 bits per heavy atom.